The van der Waals surface area contributed by atoms with Gasteiger partial charge in [-0.1, -0.05) is 18.6 Å². The van der Waals surface area contributed by atoms with Crippen molar-refractivity contribution in [3.05, 3.63) is 29.3 Å². The maximum atomic E-state index is 12.2. The van der Waals surface area contributed by atoms with E-state index in [4.69, 9.17) is 0 Å². The van der Waals surface area contributed by atoms with Crippen LogP contribution in [0.15, 0.2) is 18.2 Å². The smallest absolute Gasteiger partial charge is 0.311 e. The molecule has 5 heteroatoms. The Labute approximate surface area is 117 Å². The Morgan fingerprint density at radius 2 is 2.10 bits per heavy atom. The third-order valence-corrected chi connectivity index (χ3v) is 4.23. The fourth-order valence-electron chi connectivity index (χ4n) is 2.73. The zero-order valence-electron chi connectivity index (χ0n) is 11.6. The first kappa shape index (κ1) is 14.4. The molecule has 1 aliphatic rings. The highest BCUT2D eigenvalue weighted by atomic mass is 16.4. The van der Waals surface area contributed by atoms with Crippen LogP contribution in [-0.2, 0) is 4.79 Å². The first-order valence-corrected chi connectivity index (χ1v) is 6.69. The Kier molecular flexibility index (Phi) is 3.70. The number of carbonyl (C=O) groups excluding carboxylic acids is 1. The summed E-state index contributed by atoms with van der Waals surface area (Å²) in [5.74, 6) is -1.38. The van der Waals surface area contributed by atoms with E-state index in [0.717, 1.165) is 6.42 Å². The number of aliphatic carboxylic acids is 1. The molecule has 1 amide bonds. The van der Waals surface area contributed by atoms with Crippen molar-refractivity contribution in [1.82, 2.24) is 5.32 Å². The van der Waals surface area contributed by atoms with Crippen LogP contribution in [-0.4, -0.2) is 28.1 Å². The summed E-state index contributed by atoms with van der Waals surface area (Å²) in [5.41, 5.74) is -0.135. The number of benzene rings is 1. The average Bonchev–Trinajstić information content (AvgIpc) is 2.75. The Morgan fingerprint density at radius 1 is 1.40 bits per heavy atom. The van der Waals surface area contributed by atoms with Gasteiger partial charge >= 0.3 is 5.97 Å². The van der Waals surface area contributed by atoms with E-state index in [9.17, 15) is 19.8 Å². The number of aromatic hydroxyl groups is 1. The predicted octanol–water partition coefficient (Wildman–Crippen LogP) is 2.07. The van der Waals surface area contributed by atoms with Crippen LogP contribution in [0.5, 0.6) is 5.75 Å². The maximum Gasteiger partial charge on any atom is 0.311 e. The zero-order chi connectivity index (χ0) is 14.9. The molecular formula is C15H19NO4. The summed E-state index contributed by atoms with van der Waals surface area (Å²) in [4.78, 5) is 23.6. The van der Waals surface area contributed by atoms with Gasteiger partial charge < -0.3 is 15.5 Å². The summed E-state index contributed by atoms with van der Waals surface area (Å²) in [6.45, 7) is 3.37. The summed E-state index contributed by atoms with van der Waals surface area (Å²) in [5, 5.41) is 22.0. The van der Waals surface area contributed by atoms with E-state index >= 15 is 0 Å². The average molecular weight is 277 g/mol. The topological polar surface area (TPSA) is 86.6 Å². The molecule has 3 N–H and O–H groups in total. The monoisotopic (exact) mass is 277 g/mol. The lowest BCUT2D eigenvalue weighted by Crippen LogP contribution is -2.47. The molecule has 0 heterocycles. The third-order valence-electron chi connectivity index (χ3n) is 4.23. The molecule has 0 spiro atoms. The normalized spacial score (nSPS) is 25.4. The molecular weight excluding hydrogens is 258 g/mol. The number of carbonyl (C=O) groups is 2. The number of rotatable bonds is 3. The number of para-hydroxylation sites is 1. The van der Waals surface area contributed by atoms with Crippen molar-refractivity contribution in [3.63, 3.8) is 0 Å². The number of phenols is 1. The summed E-state index contributed by atoms with van der Waals surface area (Å²) >= 11 is 0. The molecule has 0 bridgehead atoms. The van der Waals surface area contributed by atoms with Gasteiger partial charge in [0.05, 0.1) is 11.0 Å². The van der Waals surface area contributed by atoms with Crippen molar-refractivity contribution in [2.45, 2.75) is 39.2 Å². The minimum absolute atomic E-state index is 0.0555. The molecule has 2 rings (SSSR count). The molecule has 1 fully saturated rings. The van der Waals surface area contributed by atoms with Crippen LogP contribution in [0.25, 0.3) is 0 Å². The quantitative estimate of drug-likeness (QED) is 0.789. The SMILES string of the molecule is Cc1cccc(C(=O)NC2CCCC2(C)C(=O)O)c1O. The van der Waals surface area contributed by atoms with Gasteiger partial charge in [0, 0.05) is 6.04 Å². The summed E-state index contributed by atoms with van der Waals surface area (Å²) in [6, 6.07) is 4.52. The predicted molar refractivity (Wildman–Crippen MR) is 73.7 cm³/mol. The van der Waals surface area contributed by atoms with Gasteiger partial charge in [0.25, 0.3) is 5.91 Å². The lowest BCUT2D eigenvalue weighted by Gasteiger charge is -2.27. The number of carboxylic acid groups (broad SMARTS) is 1. The standard InChI is InChI=1S/C15H19NO4/c1-9-5-3-6-10(12(9)17)13(18)16-11-7-4-8-15(11,2)14(19)20/h3,5-6,11,17H,4,7-8H2,1-2H3,(H,16,18)(H,19,20). The molecule has 2 unspecified atom stereocenters. The Morgan fingerprint density at radius 3 is 2.75 bits per heavy atom. The van der Waals surface area contributed by atoms with E-state index < -0.39 is 23.3 Å². The van der Waals surface area contributed by atoms with Gasteiger partial charge in [0.1, 0.15) is 5.75 Å². The van der Waals surface area contributed by atoms with Crippen molar-refractivity contribution < 1.29 is 19.8 Å². The van der Waals surface area contributed by atoms with Crippen LogP contribution >= 0.6 is 0 Å². The molecule has 5 nitrogen and oxygen atoms in total. The molecule has 1 saturated carbocycles. The zero-order valence-corrected chi connectivity index (χ0v) is 11.6. The van der Waals surface area contributed by atoms with E-state index in [0.29, 0.717) is 18.4 Å². The van der Waals surface area contributed by atoms with Crippen LogP contribution in [0, 0.1) is 12.3 Å². The maximum absolute atomic E-state index is 12.2. The highest BCUT2D eigenvalue weighted by Crippen LogP contribution is 2.38. The van der Waals surface area contributed by atoms with Gasteiger partial charge in [-0.2, -0.15) is 0 Å². The number of amides is 1. The molecule has 108 valence electrons. The third kappa shape index (κ3) is 2.35. The summed E-state index contributed by atoms with van der Waals surface area (Å²) in [7, 11) is 0. The second kappa shape index (κ2) is 5.15. The van der Waals surface area contributed by atoms with Crippen molar-refractivity contribution in [2.75, 3.05) is 0 Å². The fraction of sp³-hybridized carbons (Fsp3) is 0.467. The molecule has 1 aromatic rings. The first-order valence-electron chi connectivity index (χ1n) is 6.69. The highest BCUT2D eigenvalue weighted by molar-refractivity contribution is 5.97. The molecule has 0 radical (unpaired) electrons. The number of nitrogens with one attached hydrogen (secondary N) is 1. The van der Waals surface area contributed by atoms with Gasteiger partial charge in [0.15, 0.2) is 0 Å². The van der Waals surface area contributed by atoms with Gasteiger partial charge in [0.2, 0.25) is 0 Å². The van der Waals surface area contributed by atoms with E-state index in [1.165, 1.54) is 6.07 Å². The number of phenolic OH excluding ortho intramolecular Hbond substituents is 1. The van der Waals surface area contributed by atoms with Crippen LogP contribution in [0.4, 0.5) is 0 Å². The second-order valence-corrected chi connectivity index (χ2v) is 5.61. The first-order chi connectivity index (χ1) is 9.36. The van der Waals surface area contributed by atoms with Gasteiger partial charge in [-0.3, -0.25) is 9.59 Å². The Hall–Kier alpha value is -2.04. The largest absolute Gasteiger partial charge is 0.507 e. The van der Waals surface area contributed by atoms with Crippen molar-refractivity contribution >= 4 is 11.9 Å². The minimum Gasteiger partial charge on any atom is -0.507 e. The Bertz CT molecular complexity index is 555. The van der Waals surface area contributed by atoms with Crippen LogP contribution in [0.3, 0.4) is 0 Å². The van der Waals surface area contributed by atoms with Gasteiger partial charge in [-0.15, -0.1) is 0 Å². The number of hydrogen-bond acceptors (Lipinski definition) is 3. The lowest BCUT2D eigenvalue weighted by atomic mass is 9.85. The lowest BCUT2D eigenvalue weighted by molar-refractivity contribution is -0.148. The molecule has 2 atom stereocenters. The Balaban J connectivity index is 2.20. The van der Waals surface area contributed by atoms with Gasteiger partial charge in [-0.05, 0) is 38.3 Å². The minimum atomic E-state index is -0.935. The molecule has 1 aliphatic carbocycles. The molecule has 20 heavy (non-hydrogen) atoms. The van der Waals surface area contributed by atoms with E-state index in [1.54, 1.807) is 26.0 Å². The molecule has 0 saturated heterocycles. The molecule has 1 aromatic carbocycles. The summed E-state index contributed by atoms with van der Waals surface area (Å²) in [6.07, 6.45) is 1.96. The van der Waals surface area contributed by atoms with Crippen molar-refractivity contribution in [1.29, 1.82) is 0 Å². The number of carboxylic acids is 1. The second-order valence-electron chi connectivity index (χ2n) is 5.61. The van der Waals surface area contributed by atoms with Crippen LogP contribution in [0.1, 0.15) is 42.1 Å². The molecule has 0 aliphatic heterocycles. The van der Waals surface area contributed by atoms with E-state index in [-0.39, 0.29) is 11.3 Å². The van der Waals surface area contributed by atoms with Crippen molar-refractivity contribution in [3.8, 4) is 5.75 Å². The number of hydrogen-bond donors (Lipinski definition) is 3. The fourth-order valence-corrected chi connectivity index (χ4v) is 2.73. The van der Waals surface area contributed by atoms with E-state index in [2.05, 4.69) is 5.32 Å². The van der Waals surface area contributed by atoms with Crippen molar-refractivity contribution in [2.24, 2.45) is 5.41 Å². The van der Waals surface area contributed by atoms with Gasteiger partial charge in [-0.25, -0.2) is 0 Å². The van der Waals surface area contributed by atoms with E-state index in [1.807, 2.05) is 0 Å². The number of aryl methyl sites for hydroxylation is 1. The van der Waals surface area contributed by atoms with Crippen LogP contribution in [0.2, 0.25) is 0 Å². The molecule has 0 aromatic heterocycles. The highest BCUT2D eigenvalue weighted by Gasteiger charge is 2.46. The van der Waals surface area contributed by atoms with Crippen LogP contribution < -0.4 is 5.32 Å². The summed E-state index contributed by atoms with van der Waals surface area (Å²) < 4.78 is 0.